The minimum Gasteiger partial charge on any atom is -0.465 e. The van der Waals surface area contributed by atoms with Gasteiger partial charge in [-0.1, -0.05) is 49.6 Å². The van der Waals surface area contributed by atoms with E-state index in [2.05, 4.69) is 0 Å². The van der Waals surface area contributed by atoms with Gasteiger partial charge in [-0.05, 0) is 25.3 Å². The molecule has 0 saturated heterocycles. The molecule has 0 bridgehead atoms. The molecule has 1 unspecified atom stereocenters. The molecule has 1 aromatic carbocycles. The molecule has 21 heavy (non-hydrogen) atoms. The van der Waals surface area contributed by atoms with Crippen molar-refractivity contribution in [2.24, 2.45) is 0 Å². The lowest BCUT2D eigenvalue weighted by Crippen LogP contribution is -2.34. The number of carbonyl (C=O) groups is 1. The molecule has 1 aliphatic carbocycles. The van der Waals surface area contributed by atoms with E-state index in [1.165, 1.54) is 0 Å². The zero-order valence-corrected chi connectivity index (χ0v) is 13.1. The molecule has 1 fully saturated rings. The Bertz CT molecular complexity index is 559. The van der Waals surface area contributed by atoms with Crippen LogP contribution in [0.15, 0.2) is 30.3 Å². The molecule has 0 aromatic heterocycles. The second-order valence-corrected chi connectivity index (χ2v) is 7.71. The molecule has 1 aromatic rings. The van der Waals surface area contributed by atoms with Gasteiger partial charge in [0.05, 0.1) is 11.9 Å². The molecule has 5 heteroatoms. The lowest BCUT2D eigenvalue weighted by atomic mass is 10.0. The predicted octanol–water partition coefficient (Wildman–Crippen LogP) is 3.04. The van der Waals surface area contributed by atoms with E-state index >= 15 is 0 Å². The largest absolute Gasteiger partial charge is 0.465 e. The van der Waals surface area contributed by atoms with Crippen molar-refractivity contribution >= 4 is 15.8 Å². The monoisotopic (exact) mass is 310 g/mol. The van der Waals surface area contributed by atoms with Crippen LogP contribution in [-0.2, 0) is 19.4 Å². The first-order valence-electron chi connectivity index (χ1n) is 7.51. The smallest absolute Gasteiger partial charge is 0.328 e. The van der Waals surface area contributed by atoms with E-state index in [0.717, 1.165) is 19.3 Å². The van der Waals surface area contributed by atoms with Crippen molar-refractivity contribution in [1.29, 1.82) is 0 Å². The Kier molecular flexibility index (Phi) is 5.39. The lowest BCUT2D eigenvalue weighted by Gasteiger charge is -2.26. The van der Waals surface area contributed by atoms with Gasteiger partial charge >= 0.3 is 5.97 Å². The van der Waals surface area contributed by atoms with Gasteiger partial charge in [0.1, 0.15) is 0 Å². The standard InChI is InChI=1S/C16H22O4S/c1-2-20-16(17)15(13-9-5-3-6-10-13)21(18,19)14-11-7-4-8-12-14/h3,5-6,9-10,14-15H,2,4,7-8,11-12H2,1H3. The molecule has 0 radical (unpaired) electrons. The molecule has 0 amide bonds. The highest BCUT2D eigenvalue weighted by Crippen LogP contribution is 2.34. The Hall–Kier alpha value is -1.36. The zero-order valence-electron chi connectivity index (χ0n) is 12.3. The predicted molar refractivity (Wildman–Crippen MR) is 81.6 cm³/mol. The van der Waals surface area contributed by atoms with Crippen molar-refractivity contribution in [3.05, 3.63) is 35.9 Å². The van der Waals surface area contributed by atoms with Crippen LogP contribution < -0.4 is 0 Å². The normalized spacial score (nSPS) is 18.1. The summed E-state index contributed by atoms with van der Waals surface area (Å²) in [5.74, 6) is -0.658. The number of hydrogen-bond acceptors (Lipinski definition) is 4. The fraction of sp³-hybridized carbons (Fsp3) is 0.562. The van der Waals surface area contributed by atoms with Crippen LogP contribution in [-0.4, -0.2) is 26.2 Å². The molecule has 0 aliphatic heterocycles. The van der Waals surface area contributed by atoms with Crippen LogP contribution in [0.4, 0.5) is 0 Å². The second-order valence-electron chi connectivity index (χ2n) is 5.39. The third-order valence-electron chi connectivity index (χ3n) is 3.95. The Morgan fingerprint density at radius 2 is 1.81 bits per heavy atom. The van der Waals surface area contributed by atoms with Crippen LogP contribution in [0.5, 0.6) is 0 Å². The topological polar surface area (TPSA) is 60.4 Å². The van der Waals surface area contributed by atoms with E-state index in [1.807, 2.05) is 0 Å². The summed E-state index contributed by atoms with van der Waals surface area (Å²) in [6, 6.07) is 8.67. The van der Waals surface area contributed by atoms with Crippen molar-refractivity contribution in [2.45, 2.75) is 49.5 Å². The summed E-state index contributed by atoms with van der Waals surface area (Å²) < 4.78 is 30.8. The van der Waals surface area contributed by atoms with Crippen LogP contribution >= 0.6 is 0 Å². The second kappa shape index (κ2) is 7.07. The van der Waals surface area contributed by atoms with Gasteiger partial charge in [0.15, 0.2) is 15.1 Å². The van der Waals surface area contributed by atoms with Gasteiger partial charge in [0.2, 0.25) is 0 Å². The van der Waals surface area contributed by atoms with Crippen LogP contribution in [0.3, 0.4) is 0 Å². The summed E-state index contributed by atoms with van der Waals surface area (Å²) in [5, 5.41) is -1.62. The van der Waals surface area contributed by atoms with Crippen LogP contribution in [0.2, 0.25) is 0 Å². The number of hydrogen-bond donors (Lipinski definition) is 0. The summed E-state index contributed by atoms with van der Waals surface area (Å²) in [6.45, 7) is 1.87. The van der Waals surface area contributed by atoms with Crippen molar-refractivity contribution in [3.8, 4) is 0 Å². The molecule has 0 N–H and O–H groups in total. The van der Waals surface area contributed by atoms with Crippen LogP contribution in [0.1, 0.15) is 49.8 Å². The Morgan fingerprint density at radius 1 is 1.19 bits per heavy atom. The number of ether oxygens (including phenoxy) is 1. The van der Waals surface area contributed by atoms with Gasteiger partial charge in [-0.25, -0.2) is 8.42 Å². The van der Waals surface area contributed by atoms with E-state index in [0.29, 0.717) is 18.4 Å². The third kappa shape index (κ3) is 3.64. The summed E-state index contributed by atoms with van der Waals surface area (Å²) >= 11 is 0. The average molecular weight is 310 g/mol. The maximum absolute atomic E-state index is 12.9. The molecule has 1 saturated carbocycles. The molecule has 0 heterocycles. The fourth-order valence-corrected chi connectivity index (χ4v) is 5.14. The summed E-state index contributed by atoms with van der Waals surface area (Å²) in [4.78, 5) is 12.2. The summed E-state index contributed by atoms with van der Waals surface area (Å²) in [6.07, 6.45) is 4.18. The van der Waals surface area contributed by atoms with Crippen molar-refractivity contribution < 1.29 is 17.9 Å². The van der Waals surface area contributed by atoms with Gasteiger partial charge in [0.25, 0.3) is 0 Å². The van der Waals surface area contributed by atoms with Gasteiger partial charge in [-0.2, -0.15) is 0 Å². The van der Waals surface area contributed by atoms with Crippen LogP contribution in [0.25, 0.3) is 0 Å². The van der Waals surface area contributed by atoms with Crippen molar-refractivity contribution in [3.63, 3.8) is 0 Å². The highest BCUT2D eigenvalue weighted by Gasteiger charge is 2.41. The summed E-state index contributed by atoms with van der Waals surface area (Å²) in [5.41, 5.74) is 0.501. The first kappa shape index (κ1) is 16.0. The maximum Gasteiger partial charge on any atom is 0.328 e. The van der Waals surface area contributed by atoms with Gasteiger partial charge in [0, 0.05) is 0 Å². The number of carbonyl (C=O) groups excluding carboxylic acids is 1. The average Bonchev–Trinajstić information content (AvgIpc) is 2.49. The minimum absolute atomic E-state index is 0.183. The zero-order chi connectivity index (χ0) is 15.3. The molecule has 4 nitrogen and oxygen atoms in total. The molecule has 1 aliphatic rings. The van der Waals surface area contributed by atoms with Crippen molar-refractivity contribution in [2.75, 3.05) is 6.61 Å². The fourth-order valence-electron chi connectivity index (χ4n) is 2.89. The molecule has 116 valence electrons. The highest BCUT2D eigenvalue weighted by atomic mass is 32.2. The van der Waals surface area contributed by atoms with E-state index in [9.17, 15) is 13.2 Å². The quantitative estimate of drug-likeness (QED) is 0.784. The van der Waals surface area contributed by atoms with Gasteiger partial charge in [-0.3, -0.25) is 4.79 Å². The van der Waals surface area contributed by atoms with Crippen molar-refractivity contribution in [1.82, 2.24) is 0 Å². The summed E-state index contributed by atoms with van der Waals surface area (Å²) in [7, 11) is -3.57. The highest BCUT2D eigenvalue weighted by molar-refractivity contribution is 7.93. The number of rotatable bonds is 5. The van der Waals surface area contributed by atoms with E-state index in [-0.39, 0.29) is 6.61 Å². The van der Waals surface area contributed by atoms with Crippen LogP contribution in [0, 0.1) is 0 Å². The SMILES string of the molecule is CCOC(=O)C(c1ccccc1)S(=O)(=O)C1CCCCC1. The van der Waals surface area contributed by atoms with Gasteiger partial charge in [-0.15, -0.1) is 0 Å². The number of esters is 1. The molecule has 0 spiro atoms. The third-order valence-corrected chi connectivity index (χ3v) is 6.47. The first-order valence-corrected chi connectivity index (χ1v) is 9.12. The minimum atomic E-state index is -3.57. The first-order chi connectivity index (χ1) is 10.1. The molecular weight excluding hydrogens is 288 g/mol. The van der Waals surface area contributed by atoms with E-state index < -0.39 is 26.3 Å². The maximum atomic E-state index is 12.9. The number of benzene rings is 1. The lowest BCUT2D eigenvalue weighted by molar-refractivity contribution is -0.142. The Morgan fingerprint density at radius 3 is 2.38 bits per heavy atom. The Labute approximate surface area is 126 Å². The van der Waals surface area contributed by atoms with E-state index in [4.69, 9.17) is 4.74 Å². The number of sulfone groups is 1. The van der Waals surface area contributed by atoms with Gasteiger partial charge < -0.3 is 4.74 Å². The molecule has 1 atom stereocenters. The molecular formula is C16H22O4S. The Balaban J connectivity index is 2.36. The molecule has 2 rings (SSSR count). The van der Waals surface area contributed by atoms with E-state index in [1.54, 1.807) is 37.3 Å².